The van der Waals surface area contributed by atoms with Crippen LogP contribution in [0.4, 0.5) is 19.3 Å². The van der Waals surface area contributed by atoms with E-state index in [-0.39, 0.29) is 23.9 Å². The van der Waals surface area contributed by atoms with Crippen LogP contribution in [0.25, 0.3) is 0 Å². The highest BCUT2D eigenvalue weighted by Crippen LogP contribution is 2.38. The van der Waals surface area contributed by atoms with Crippen LogP contribution in [0, 0.1) is 17.0 Å². The van der Waals surface area contributed by atoms with E-state index in [1.165, 1.54) is 9.80 Å². The summed E-state index contributed by atoms with van der Waals surface area (Å²) < 4.78 is 27.7. The lowest BCUT2D eigenvalue weighted by atomic mass is 9.93. The van der Waals surface area contributed by atoms with Crippen LogP contribution in [0.3, 0.4) is 0 Å². The van der Waals surface area contributed by atoms with Crippen molar-refractivity contribution in [3.8, 4) is 0 Å². The third-order valence-corrected chi connectivity index (χ3v) is 7.10. The van der Waals surface area contributed by atoms with E-state index in [1.807, 2.05) is 0 Å². The molecule has 2 aromatic rings. The SMILES string of the molecule is C[C@H](c1cc(F)cc(F)c1)N(CC(=O)Nc1ccc2c(c1)C[C@@]1(C2)C(=O)NC(=O)N1C)C(=O)C(C)(C)C. The summed E-state index contributed by atoms with van der Waals surface area (Å²) in [6, 6.07) is 7.09. The van der Waals surface area contributed by atoms with E-state index in [0.717, 1.165) is 29.3 Å². The van der Waals surface area contributed by atoms with E-state index in [2.05, 4.69) is 10.6 Å². The largest absolute Gasteiger partial charge is 0.326 e. The number of likely N-dealkylation sites (N-methyl/N-ethyl adjacent to an activating group) is 1. The summed E-state index contributed by atoms with van der Waals surface area (Å²) in [5.41, 5.74) is 0.628. The van der Waals surface area contributed by atoms with Gasteiger partial charge in [-0.1, -0.05) is 26.8 Å². The lowest BCUT2D eigenvalue weighted by Crippen LogP contribution is -2.48. The summed E-state index contributed by atoms with van der Waals surface area (Å²) in [6.45, 7) is 6.39. The van der Waals surface area contributed by atoms with Crippen molar-refractivity contribution in [2.24, 2.45) is 5.41 Å². The molecule has 0 radical (unpaired) electrons. The minimum Gasteiger partial charge on any atom is -0.326 e. The maximum Gasteiger partial charge on any atom is 0.324 e. The van der Waals surface area contributed by atoms with Gasteiger partial charge in [0, 0.05) is 37.1 Å². The molecular formula is C27H30F2N4O4. The molecule has 0 unspecified atom stereocenters. The number of benzene rings is 2. The number of nitrogens with one attached hydrogen (secondary N) is 2. The number of hydrogen-bond acceptors (Lipinski definition) is 4. The summed E-state index contributed by atoms with van der Waals surface area (Å²) in [6.07, 6.45) is 0.692. The number of nitrogens with zero attached hydrogens (tertiary/aromatic N) is 2. The molecule has 1 fully saturated rings. The average molecular weight is 513 g/mol. The Morgan fingerprint density at radius 3 is 2.27 bits per heavy atom. The zero-order valence-electron chi connectivity index (χ0n) is 21.4. The number of carbonyl (C=O) groups is 4. The minimum absolute atomic E-state index is 0.235. The Bertz CT molecular complexity index is 1290. The van der Waals surface area contributed by atoms with Crippen LogP contribution in [0.1, 0.15) is 50.4 Å². The maximum absolute atomic E-state index is 13.9. The number of fused-ring (bicyclic) bond motifs is 1. The quantitative estimate of drug-likeness (QED) is 0.599. The number of carbonyl (C=O) groups excluding carboxylic acids is 4. The van der Waals surface area contributed by atoms with E-state index in [9.17, 15) is 28.0 Å². The van der Waals surface area contributed by atoms with E-state index < -0.39 is 40.6 Å². The molecule has 1 spiro atoms. The van der Waals surface area contributed by atoms with E-state index in [4.69, 9.17) is 0 Å². The Morgan fingerprint density at radius 2 is 1.70 bits per heavy atom. The normalized spacial score (nSPS) is 19.6. The topological polar surface area (TPSA) is 98.8 Å². The zero-order valence-corrected chi connectivity index (χ0v) is 21.4. The van der Waals surface area contributed by atoms with Gasteiger partial charge in [-0.25, -0.2) is 13.6 Å². The number of hydrogen-bond donors (Lipinski definition) is 2. The first-order valence-corrected chi connectivity index (χ1v) is 12.0. The van der Waals surface area contributed by atoms with Gasteiger partial charge in [-0.15, -0.1) is 0 Å². The van der Waals surface area contributed by atoms with Crippen molar-refractivity contribution >= 4 is 29.4 Å². The Hall–Kier alpha value is -3.82. The number of halogens is 2. The fourth-order valence-corrected chi connectivity index (χ4v) is 4.94. The lowest BCUT2D eigenvalue weighted by molar-refractivity contribution is -0.144. The molecule has 2 N–H and O–H groups in total. The van der Waals surface area contributed by atoms with Gasteiger partial charge in [0.1, 0.15) is 23.7 Å². The molecule has 2 aromatic carbocycles. The summed E-state index contributed by atoms with van der Waals surface area (Å²) in [7, 11) is 1.58. The third kappa shape index (κ3) is 4.92. The van der Waals surface area contributed by atoms with Crippen LogP contribution < -0.4 is 10.6 Å². The van der Waals surface area contributed by atoms with Gasteiger partial charge in [0.15, 0.2) is 0 Å². The van der Waals surface area contributed by atoms with E-state index >= 15 is 0 Å². The molecule has 0 aromatic heterocycles. The molecule has 0 saturated carbocycles. The lowest BCUT2D eigenvalue weighted by Gasteiger charge is -2.34. The minimum atomic E-state index is -0.979. The van der Waals surface area contributed by atoms with Gasteiger partial charge in [0.2, 0.25) is 11.8 Å². The molecule has 0 bridgehead atoms. The van der Waals surface area contributed by atoms with Crippen molar-refractivity contribution in [1.29, 1.82) is 0 Å². The van der Waals surface area contributed by atoms with Gasteiger partial charge < -0.3 is 15.1 Å². The number of urea groups is 1. The van der Waals surface area contributed by atoms with E-state index in [0.29, 0.717) is 18.5 Å². The molecule has 1 aliphatic carbocycles. The molecule has 196 valence electrons. The molecular weight excluding hydrogens is 482 g/mol. The molecule has 10 heteroatoms. The Morgan fingerprint density at radius 1 is 1.08 bits per heavy atom. The summed E-state index contributed by atoms with van der Waals surface area (Å²) >= 11 is 0. The van der Waals surface area contributed by atoms with Crippen molar-refractivity contribution in [3.63, 3.8) is 0 Å². The van der Waals surface area contributed by atoms with Crippen LogP contribution in [0.15, 0.2) is 36.4 Å². The smallest absolute Gasteiger partial charge is 0.324 e. The molecule has 2 aliphatic rings. The van der Waals surface area contributed by atoms with Gasteiger partial charge in [-0.3, -0.25) is 19.7 Å². The molecule has 2 atom stereocenters. The van der Waals surface area contributed by atoms with Gasteiger partial charge in [0.05, 0.1) is 6.04 Å². The average Bonchev–Trinajstić information content (AvgIpc) is 3.28. The number of rotatable bonds is 5. The van der Waals surface area contributed by atoms with Crippen LogP contribution >= 0.6 is 0 Å². The second-order valence-electron chi connectivity index (χ2n) is 10.8. The number of anilines is 1. The standard InChI is InChI=1S/C27H30F2N4O4/c1-15(17-8-19(28)11-20(29)9-17)33(24(36)26(2,3)4)14-22(34)30-21-7-6-16-12-27(13-18(16)10-21)23(35)31-25(37)32(27)5/h6-11,15H,12-14H2,1-5H3,(H,30,34)(H,31,35,37)/t15-,27+/m1/s1. The molecule has 1 heterocycles. The van der Waals surface area contributed by atoms with Gasteiger partial charge in [-0.2, -0.15) is 0 Å². The van der Waals surface area contributed by atoms with Crippen LogP contribution in [0.2, 0.25) is 0 Å². The van der Waals surface area contributed by atoms with Gasteiger partial charge in [0.25, 0.3) is 5.91 Å². The zero-order chi connectivity index (χ0) is 27.3. The second kappa shape index (κ2) is 9.24. The highest BCUT2D eigenvalue weighted by molar-refractivity contribution is 6.07. The second-order valence-corrected chi connectivity index (χ2v) is 10.8. The van der Waals surface area contributed by atoms with Crippen LogP contribution in [-0.2, 0) is 27.2 Å². The molecule has 5 amide bonds. The molecule has 37 heavy (non-hydrogen) atoms. The first kappa shape index (κ1) is 26.2. The van der Waals surface area contributed by atoms with Crippen LogP contribution in [0.5, 0.6) is 0 Å². The van der Waals surface area contributed by atoms with Crippen molar-refractivity contribution in [2.45, 2.75) is 52.1 Å². The van der Waals surface area contributed by atoms with Crippen LogP contribution in [-0.4, -0.2) is 52.7 Å². The van der Waals surface area contributed by atoms with Crippen molar-refractivity contribution in [2.75, 3.05) is 18.9 Å². The predicted molar refractivity (Wildman–Crippen MR) is 132 cm³/mol. The summed E-state index contributed by atoms with van der Waals surface area (Å²) in [4.78, 5) is 53.5. The Kier molecular flexibility index (Phi) is 6.56. The fraction of sp³-hybridized carbons (Fsp3) is 0.407. The van der Waals surface area contributed by atoms with Gasteiger partial charge in [-0.05, 0) is 47.9 Å². The molecule has 4 rings (SSSR count). The maximum atomic E-state index is 13.9. The highest BCUT2D eigenvalue weighted by Gasteiger charge is 2.54. The van der Waals surface area contributed by atoms with E-state index in [1.54, 1.807) is 52.9 Å². The molecule has 1 saturated heterocycles. The monoisotopic (exact) mass is 512 g/mol. The van der Waals surface area contributed by atoms with Crippen molar-refractivity contribution < 1.29 is 28.0 Å². The summed E-state index contributed by atoms with van der Waals surface area (Å²) in [5, 5.41) is 5.14. The first-order valence-electron chi connectivity index (χ1n) is 12.0. The third-order valence-electron chi connectivity index (χ3n) is 7.10. The van der Waals surface area contributed by atoms with Crippen molar-refractivity contribution in [3.05, 3.63) is 64.7 Å². The molecule has 8 nitrogen and oxygen atoms in total. The highest BCUT2D eigenvalue weighted by atomic mass is 19.1. The number of imide groups is 1. The predicted octanol–water partition coefficient (Wildman–Crippen LogP) is 3.56. The number of amides is 5. The first-order chi connectivity index (χ1) is 17.2. The Balaban J connectivity index is 1.53. The fourth-order valence-electron chi connectivity index (χ4n) is 4.94. The van der Waals surface area contributed by atoms with Crippen molar-refractivity contribution in [1.82, 2.24) is 15.1 Å². The summed E-state index contributed by atoms with van der Waals surface area (Å²) in [5.74, 6) is -2.72. The molecule has 1 aliphatic heterocycles. The Labute approximate surface area is 214 Å². The van der Waals surface area contributed by atoms with Gasteiger partial charge >= 0.3 is 6.03 Å².